The first-order valence-corrected chi connectivity index (χ1v) is 15.4. The third kappa shape index (κ3) is 6.92. The Kier molecular flexibility index (Phi) is 10.6. The van der Waals surface area contributed by atoms with Crippen LogP contribution in [0, 0.1) is 12.8 Å². The number of benzene rings is 2. The average molecular weight is 550 g/mol. The van der Waals surface area contributed by atoms with E-state index in [1.54, 1.807) is 7.11 Å². The second-order valence-corrected chi connectivity index (χ2v) is 12.0. The summed E-state index contributed by atoms with van der Waals surface area (Å²) in [5.74, 6) is 2.09. The van der Waals surface area contributed by atoms with E-state index in [1.807, 2.05) is 6.07 Å². The van der Waals surface area contributed by atoms with Gasteiger partial charge in [0.2, 0.25) is 0 Å². The largest absolute Gasteiger partial charge is 0.495 e. The zero-order valence-corrected chi connectivity index (χ0v) is 25.2. The molecule has 1 fully saturated rings. The fourth-order valence-corrected chi connectivity index (χ4v) is 7.15. The summed E-state index contributed by atoms with van der Waals surface area (Å²) in [6.07, 6.45) is 13.7. The van der Waals surface area contributed by atoms with Gasteiger partial charge < -0.3 is 9.47 Å². The van der Waals surface area contributed by atoms with Gasteiger partial charge in [0.25, 0.3) is 0 Å². The molecule has 1 aliphatic carbocycles. The highest BCUT2D eigenvalue weighted by Crippen LogP contribution is 2.51. The molecule has 212 valence electrons. The van der Waals surface area contributed by atoms with Crippen molar-refractivity contribution in [2.75, 3.05) is 20.2 Å². The molecule has 2 aliphatic rings. The van der Waals surface area contributed by atoms with Crippen LogP contribution in [0.15, 0.2) is 47.9 Å². The summed E-state index contributed by atoms with van der Waals surface area (Å²) in [5, 5.41) is 0. The van der Waals surface area contributed by atoms with Crippen LogP contribution in [-0.4, -0.2) is 31.1 Å². The minimum Gasteiger partial charge on any atom is -0.495 e. The topological polar surface area (TPSA) is 38.8 Å². The molecule has 0 aromatic heterocycles. The van der Waals surface area contributed by atoms with Gasteiger partial charge in [0.05, 0.1) is 7.11 Å². The van der Waals surface area contributed by atoms with Crippen LogP contribution in [0.25, 0.3) is 0 Å². The second-order valence-electron chi connectivity index (χ2n) is 11.6. The normalized spacial score (nSPS) is 20.7. The Balaban J connectivity index is 1.47. The Morgan fingerprint density at radius 3 is 2.79 bits per heavy atom. The number of fused-ring (bicyclic) bond motifs is 3. The number of aryl methyl sites for hydroxylation is 2. The van der Waals surface area contributed by atoms with Gasteiger partial charge in [-0.15, -0.1) is 19.2 Å². The molecule has 39 heavy (non-hydrogen) atoms. The minimum absolute atomic E-state index is 0.106. The molecule has 2 aromatic carbocycles. The molecular weight excluding hydrogens is 502 g/mol. The van der Waals surface area contributed by atoms with Crippen LogP contribution < -0.4 is 9.47 Å². The molecular formula is C34H47NO3S. The maximum atomic E-state index is 12.5. The van der Waals surface area contributed by atoms with Crippen LogP contribution in [0.2, 0.25) is 0 Å². The SMILES string of the molecule is C=CCCC12CCN(Cc3ccc(C)c(S)c3OC)CC1CCc1cc(OC(=O)CCCCCCC)ccc12. The Morgan fingerprint density at radius 1 is 1.21 bits per heavy atom. The number of rotatable bonds is 13. The van der Waals surface area contributed by atoms with E-state index in [2.05, 4.69) is 55.7 Å². The summed E-state index contributed by atoms with van der Waals surface area (Å²) in [7, 11) is 1.74. The first-order chi connectivity index (χ1) is 18.9. The van der Waals surface area contributed by atoms with Crippen molar-refractivity contribution < 1.29 is 14.3 Å². The number of nitrogens with zero attached hydrogens (tertiary/aromatic N) is 1. The van der Waals surface area contributed by atoms with Gasteiger partial charge in [-0.25, -0.2) is 0 Å². The van der Waals surface area contributed by atoms with E-state index in [-0.39, 0.29) is 11.4 Å². The number of hydrogen-bond acceptors (Lipinski definition) is 5. The summed E-state index contributed by atoms with van der Waals surface area (Å²) < 4.78 is 11.5. The molecule has 4 rings (SSSR count). The standard InChI is InChI=1S/C34H47NO3S/c1-5-7-9-10-11-12-31(36)38-29-17-18-30-26(22-29)15-16-28-24-35(21-20-34(28,30)19-8-6-2)23-27-14-13-25(3)33(39)32(27)37-4/h6,13-14,17-18,22,28,39H,2,5,7-12,15-16,19-21,23-24H2,1,3-4H3. The molecule has 0 N–H and O–H groups in total. The Bertz CT molecular complexity index is 1150. The Morgan fingerprint density at radius 2 is 2.03 bits per heavy atom. The van der Waals surface area contributed by atoms with Gasteiger partial charge in [0.1, 0.15) is 11.5 Å². The van der Waals surface area contributed by atoms with Gasteiger partial charge >= 0.3 is 5.97 Å². The lowest BCUT2D eigenvalue weighted by Gasteiger charge is -2.52. The van der Waals surface area contributed by atoms with E-state index >= 15 is 0 Å². The van der Waals surface area contributed by atoms with Gasteiger partial charge in [-0.05, 0) is 86.7 Å². The predicted molar refractivity (Wildman–Crippen MR) is 163 cm³/mol. The molecule has 0 amide bonds. The second kappa shape index (κ2) is 13.9. The molecule has 2 unspecified atom stereocenters. The van der Waals surface area contributed by atoms with Crippen LogP contribution >= 0.6 is 12.6 Å². The summed E-state index contributed by atoms with van der Waals surface area (Å²) >= 11 is 4.71. The van der Waals surface area contributed by atoms with E-state index in [0.29, 0.717) is 18.1 Å². The number of thiol groups is 1. The molecule has 0 spiro atoms. The van der Waals surface area contributed by atoms with Crippen LogP contribution in [0.5, 0.6) is 11.5 Å². The Labute approximate surface area is 241 Å². The maximum Gasteiger partial charge on any atom is 0.311 e. The molecule has 2 atom stereocenters. The van der Waals surface area contributed by atoms with E-state index in [0.717, 1.165) is 80.8 Å². The lowest BCUT2D eigenvalue weighted by Crippen LogP contribution is -2.51. The number of hydrogen-bond donors (Lipinski definition) is 1. The van der Waals surface area contributed by atoms with Crippen molar-refractivity contribution in [1.82, 2.24) is 4.90 Å². The van der Waals surface area contributed by atoms with Crippen molar-refractivity contribution in [1.29, 1.82) is 0 Å². The van der Waals surface area contributed by atoms with Crippen molar-refractivity contribution in [3.8, 4) is 11.5 Å². The zero-order valence-electron chi connectivity index (χ0n) is 24.3. The Hall–Kier alpha value is -2.24. The van der Waals surface area contributed by atoms with Crippen LogP contribution in [0.1, 0.15) is 93.4 Å². The zero-order chi connectivity index (χ0) is 27.8. The number of likely N-dealkylation sites (tertiary alicyclic amines) is 1. The van der Waals surface area contributed by atoms with E-state index < -0.39 is 0 Å². The molecule has 0 bridgehead atoms. The smallest absolute Gasteiger partial charge is 0.311 e. The lowest BCUT2D eigenvalue weighted by molar-refractivity contribution is -0.134. The number of unbranched alkanes of at least 4 members (excludes halogenated alkanes) is 4. The van der Waals surface area contributed by atoms with Gasteiger partial charge in [-0.1, -0.05) is 56.9 Å². The minimum atomic E-state index is -0.106. The number of esters is 1. The molecule has 0 saturated carbocycles. The highest BCUT2D eigenvalue weighted by molar-refractivity contribution is 7.80. The van der Waals surface area contributed by atoms with E-state index in [4.69, 9.17) is 22.1 Å². The fraction of sp³-hybridized carbons (Fsp3) is 0.559. The average Bonchev–Trinajstić information content (AvgIpc) is 2.94. The van der Waals surface area contributed by atoms with Gasteiger partial charge in [-0.2, -0.15) is 0 Å². The fourth-order valence-electron chi connectivity index (χ4n) is 6.84. The van der Waals surface area contributed by atoms with Crippen LogP contribution in [0.3, 0.4) is 0 Å². The highest BCUT2D eigenvalue weighted by Gasteiger charge is 2.46. The third-order valence-electron chi connectivity index (χ3n) is 9.03. The molecule has 4 nitrogen and oxygen atoms in total. The van der Waals surface area contributed by atoms with Crippen molar-refractivity contribution >= 4 is 18.6 Å². The van der Waals surface area contributed by atoms with Crippen LogP contribution in [0.4, 0.5) is 0 Å². The van der Waals surface area contributed by atoms with Crippen molar-refractivity contribution in [3.05, 3.63) is 65.2 Å². The predicted octanol–water partition coefficient (Wildman–Crippen LogP) is 8.23. The summed E-state index contributed by atoms with van der Waals surface area (Å²) in [6, 6.07) is 10.8. The van der Waals surface area contributed by atoms with Crippen molar-refractivity contribution in [2.24, 2.45) is 5.92 Å². The number of piperidine rings is 1. The first-order valence-electron chi connectivity index (χ1n) is 14.9. The molecule has 1 heterocycles. The molecule has 1 saturated heterocycles. The van der Waals surface area contributed by atoms with Crippen molar-refractivity contribution in [2.45, 2.75) is 101 Å². The van der Waals surface area contributed by atoms with E-state index in [9.17, 15) is 4.79 Å². The van der Waals surface area contributed by atoms with Gasteiger partial charge in [0, 0.05) is 35.4 Å². The molecule has 1 aliphatic heterocycles. The number of carbonyl (C=O) groups excluding carboxylic acids is 1. The summed E-state index contributed by atoms with van der Waals surface area (Å²) in [4.78, 5) is 16.0. The summed E-state index contributed by atoms with van der Waals surface area (Å²) in [6.45, 7) is 11.3. The quantitative estimate of drug-likeness (QED) is 0.0898. The maximum absolute atomic E-state index is 12.5. The molecule has 2 aromatic rings. The van der Waals surface area contributed by atoms with Crippen LogP contribution in [-0.2, 0) is 23.2 Å². The third-order valence-corrected chi connectivity index (χ3v) is 9.59. The number of carbonyl (C=O) groups is 1. The highest BCUT2D eigenvalue weighted by atomic mass is 32.1. The number of ether oxygens (including phenoxy) is 2. The summed E-state index contributed by atoms with van der Waals surface area (Å²) in [5.41, 5.74) is 5.32. The van der Waals surface area contributed by atoms with Gasteiger partial charge in [0.15, 0.2) is 0 Å². The number of methoxy groups -OCH3 is 1. The molecule has 0 radical (unpaired) electrons. The first kappa shape index (κ1) is 29.7. The van der Waals surface area contributed by atoms with E-state index in [1.165, 1.54) is 36.0 Å². The lowest BCUT2D eigenvalue weighted by atomic mass is 9.58. The monoisotopic (exact) mass is 549 g/mol. The number of allylic oxidation sites excluding steroid dienone is 1. The van der Waals surface area contributed by atoms with Gasteiger partial charge in [-0.3, -0.25) is 9.69 Å². The molecule has 5 heteroatoms. The van der Waals surface area contributed by atoms with Crippen molar-refractivity contribution in [3.63, 3.8) is 0 Å².